The summed E-state index contributed by atoms with van der Waals surface area (Å²) in [5.41, 5.74) is 1.55. The molecule has 1 fully saturated rings. The Bertz CT molecular complexity index is 943. The largest absolute Gasteiger partial charge is 0.446 e. The van der Waals surface area contributed by atoms with Crippen LogP contribution in [0.25, 0.3) is 0 Å². The maximum Gasteiger partial charge on any atom is 0.332 e. The van der Waals surface area contributed by atoms with Crippen molar-refractivity contribution in [3.63, 3.8) is 0 Å². The standard InChI is InChI=1S/C21H21N5O3/c27-20(23-17-11-12-17)19(16-9-5-2-6-10-16)29-21(28)18(26-14-22-24-25-26)13-15-7-3-1-4-8-15/h1-10,14,17-19H,11-13H2,(H,23,27)/t18-,19+/m1/s1. The number of tetrazole rings is 1. The molecule has 2 atom stereocenters. The SMILES string of the molecule is O=C(NC1CC1)[C@@H](OC(=O)[C@@H](Cc1ccccc1)n1cnnn1)c1ccccc1. The van der Waals surface area contributed by atoms with E-state index in [0.717, 1.165) is 18.4 Å². The third-order valence-corrected chi connectivity index (χ3v) is 4.73. The van der Waals surface area contributed by atoms with Crippen molar-refractivity contribution >= 4 is 11.9 Å². The molecule has 148 valence electrons. The number of carbonyl (C=O) groups is 2. The van der Waals surface area contributed by atoms with E-state index < -0.39 is 18.1 Å². The van der Waals surface area contributed by atoms with Crippen LogP contribution >= 0.6 is 0 Å². The molecule has 4 rings (SSSR count). The summed E-state index contributed by atoms with van der Waals surface area (Å²) < 4.78 is 7.08. The fraction of sp³-hybridized carbons (Fsp3) is 0.286. The van der Waals surface area contributed by atoms with Gasteiger partial charge < -0.3 is 10.1 Å². The summed E-state index contributed by atoms with van der Waals surface area (Å²) in [4.78, 5) is 25.9. The van der Waals surface area contributed by atoms with Gasteiger partial charge in [0, 0.05) is 18.0 Å². The zero-order valence-corrected chi connectivity index (χ0v) is 15.7. The predicted molar refractivity (Wildman–Crippen MR) is 103 cm³/mol. The van der Waals surface area contributed by atoms with Crippen molar-refractivity contribution in [1.82, 2.24) is 25.5 Å². The number of esters is 1. The number of ether oxygens (including phenoxy) is 1. The molecule has 1 aliphatic carbocycles. The Morgan fingerprint density at radius 2 is 1.76 bits per heavy atom. The second-order valence-electron chi connectivity index (χ2n) is 7.01. The van der Waals surface area contributed by atoms with E-state index in [9.17, 15) is 9.59 Å². The molecule has 0 radical (unpaired) electrons. The molecule has 2 aromatic carbocycles. The monoisotopic (exact) mass is 391 g/mol. The summed E-state index contributed by atoms with van der Waals surface area (Å²) in [5.74, 6) is -0.886. The summed E-state index contributed by atoms with van der Waals surface area (Å²) in [6.45, 7) is 0. The quantitative estimate of drug-likeness (QED) is 0.590. The van der Waals surface area contributed by atoms with E-state index in [4.69, 9.17) is 4.74 Å². The van der Waals surface area contributed by atoms with Crippen molar-refractivity contribution in [1.29, 1.82) is 0 Å². The summed E-state index contributed by atoms with van der Waals surface area (Å²) in [6, 6.07) is 17.9. The van der Waals surface area contributed by atoms with Crippen LogP contribution in [0.4, 0.5) is 0 Å². The van der Waals surface area contributed by atoms with Crippen molar-refractivity contribution in [3.05, 3.63) is 78.1 Å². The molecule has 8 nitrogen and oxygen atoms in total. The first-order chi connectivity index (χ1) is 14.2. The third kappa shape index (κ3) is 4.84. The van der Waals surface area contributed by atoms with Gasteiger partial charge in [0.1, 0.15) is 6.33 Å². The molecular formula is C21H21N5O3. The number of nitrogens with one attached hydrogen (secondary N) is 1. The van der Waals surface area contributed by atoms with E-state index in [1.165, 1.54) is 11.0 Å². The van der Waals surface area contributed by atoms with Crippen LogP contribution in [-0.4, -0.2) is 38.1 Å². The molecule has 0 bridgehead atoms. The maximum absolute atomic E-state index is 13.1. The Morgan fingerprint density at radius 3 is 2.38 bits per heavy atom. The van der Waals surface area contributed by atoms with E-state index in [1.54, 1.807) is 12.1 Å². The van der Waals surface area contributed by atoms with E-state index in [0.29, 0.717) is 12.0 Å². The lowest BCUT2D eigenvalue weighted by Crippen LogP contribution is -2.35. The minimum absolute atomic E-state index is 0.159. The minimum Gasteiger partial charge on any atom is -0.446 e. The Kier molecular flexibility index (Phi) is 5.60. The maximum atomic E-state index is 13.1. The van der Waals surface area contributed by atoms with Gasteiger partial charge in [-0.25, -0.2) is 9.48 Å². The van der Waals surface area contributed by atoms with Crippen LogP contribution in [0.5, 0.6) is 0 Å². The first-order valence-electron chi connectivity index (χ1n) is 9.53. The van der Waals surface area contributed by atoms with Gasteiger partial charge in [0.25, 0.3) is 5.91 Å². The normalized spacial score (nSPS) is 15.3. The second kappa shape index (κ2) is 8.64. The molecule has 3 aromatic rings. The van der Waals surface area contributed by atoms with Crippen LogP contribution in [0.2, 0.25) is 0 Å². The first kappa shape index (κ1) is 18.8. The molecule has 0 unspecified atom stereocenters. The molecule has 8 heteroatoms. The van der Waals surface area contributed by atoms with Crippen molar-refractivity contribution < 1.29 is 14.3 Å². The van der Waals surface area contributed by atoms with Crippen LogP contribution < -0.4 is 5.32 Å². The van der Waals surface area contributed by atoms with Crippen LogP contribution in [0.1, 0.15) is 36.1 Å². The molecule has 1 aromatic heterocycles. The minimum atomic E-state index is -1.03. The average Bonchev–Trinajstić information content (AvgIpc) is 3.40. The number of aromatic nitrogens is 4. The highest BCUT2D eigenvalue weighted by Gasteiger charge is 2.33. The molecule has 0 spiro atoms. The van der Waals surface area contributed by atoms with Gasteiger partial charge in [0.2, 0.25) is 6.10 Å². The lowest BCUT2D eigenvalue weighted by atomic mass is 10.1. The Morgan fingerprint density at radius 1 is 1.07 bits per heavy atom. The smallest absolute Gasteiger partial charge is 0.332 e. The highest BCUT2D eigenvalue weighted by atomic mass is 16.5. The fourth-order valence-corrected chi connectivity index (χ4v) is 3.03. The zero-order chi connectivity index (χ0) is 20.1. The number of rotatable bonds is 8. The molecule has 0 saturated heterocycles. The number of hydrogen-bond donors (Lipinski definition) is 1. The molecular weight excluding hydrogens is 370 g/mol. The highest BCUT2D eigenvalue weighted by molar-refractivity contribution is 5.86. The second-order valence-corrected chi connectivity index (χ2v) is 7.01. The molecule has 0 aliphatic heterocycles. The lowest BCUT2D eigenvalue weighted by Gasteiger charge is -2.21. The Balaban J connectivity index is 1.57. The molecule has 1 saturated carbocycles. The number of nitrogens with zero attached hydrogens (tertiary/aromatic N) is 4. The summed E-state index contributed by atoms with van der Waals surface area (Å²) in [5, 5.41) is 14.1. The number of amides is 1. The number of carbonyl (C=O) groups excluding carboxylic acids is 2. The van der Waals surface area contributed by atoms with Gasteiger partial charge >= 0.3 is 5.97 Å². The summed E-state index contributed by atoms with van der Waals surface area (Å²) in [6.07, 6.45) is 2.58. The van der Waals surface area contributed by atoms with E-state index >= 15 is 0 Å². The van der Waals surface area contributed by atoms with Gasteiger partial charge in [0.05, 0.1) is 0 Å². The summed E-state index contributed by atoms with van der Waals surface area (Å²) in [7, 11) is 0. The Labute approximate surface area is 167 Å². The topological polar surface area (TPSA) is 99.0 Å². The highest BCUT2D eigenvalue weighted by Crippen LogP contribution is 2.25. The van der Waals surface area contributed by atoms with Gasteiger partial charge in [-0.15, -0.1) is 5.10 Å². The predicted octanol–water partition coefficient (Wildman–Crippen LogP) is 2.02. The van der Waals surface area contributed by atoms with E-state index in [1.807, 2.05) is 48.5 Å². The van der Waals surface area contributed by atoms with Gasteiger partial charge in [0.15, 0.2) is 6.04 Å². The van der Waals surface area contributed by atoms with Crippen molar-refractivity contribution in [2.45, 2.75) is 37.5 Å². The van der Waals surface area contributed by atoms with Crippen LogP contribution in [-0.2, 0) is 20.7 Å². The lowest BCUT2D eigenvalue weighted by molar-refractivity contribution is -0.160. The number of hydrogen-bond acceptors (Lipinski definition) is 6. The summed E-state index contributed by atoms with van der Waals surface area (Å²) >= 11 is 0. The van der Waals surface area contributed by atoms with Crippen LogP contribution in [0, 0.1) is 0 Å². The average molecular weight is 391 g/mol. The molecule has 1 amide bonds. The van der Waals surface area contributed by atoms with Crippen molar-refractivity contribution in [2.24, 2.45) is 0 Å². The third-order valence-electron chi connectivity index (χ3n) is 4.73. The zero-order valence-electron chi connectivity index (χ0n) is 15.7. The molecule has 1 aliphatic rings. The van der Waals surface area contributed by atoms with Gasteiger partial charge in [-0.1, -0.05) is 60.7 Å². The van der Waals surface area contributed by atoms with Crippen molar-refractivity contribution in [2.75, 3.05) is 0 Å². The molecule has 29 heavy (non-hydrogen) atoms. The van der Waals surface area contributed by atoms with E-state index in [2.05, 4.69) is 20.8 Å². The van der Waals surface area contributed by atoms with Crippen molar-refractivity contribution in [3.8, 4) is 0 Å². The fourth-order valence-electron chi connectivity index (χ4n) is 3.03. The Hall–Kier alpha value is -3.55. The van der Waals surface area contributed by atoms with Gasteiger partial charge in [-0.05, 0) is 28.8 Å². The van der Waals surface area contributed by atoms with Crippen LogP contribution in [0.3, 0.4) is 0 Å². The van der Waals surface area contributed by atoms with Gasteiger partial charge in [-0.2, -0.15) is 0 Å². The van der Waals surface area contributed by atoms with Crippen LogP contribution in [0.15, 0.2) is 67.0 Å². The number of benzene rings is 2. The van der Waals surface area contributed by atoms with Gasteiger partial charge in [-0.3, -0.25) is 4.79 Å². The van der Waals surface area contributed by atoms with E-state index in [-0.39, 0.29) is 11.9 Å². The molecule has 1 heterocycles. The molecule has 1 N–H and O–H groups in total. The first-order valence-corrected chi connectivity index (χ1v) is 9.53.